The number of halogens is 6. The number of alkyl halides is 4. The van der Waals surface area contributed by atoms with Crippen molar-refractivity contribution >= 4 is 5.91 Å². The lowest BCUT2D eigenvalue weighted by atomic mass is 10.2. The molecule has 18 heavy (non-hydrogen) atoms. The zero-order chi connectivity index (χ0) is 13.9. The van der Waals surface area contributed by atoms with E-state index >= 15 is 0 Å². The summed E-state index contributed by atoms with van der Waals surface area (Å²) in [5, 5.41) is 1.51. The van der Waals surface area contributed by atoms with Crippen molar-refractivity contribution in [3.05, 3.63) is 35.4 Å². The Morgan fingerprint density at radius 3 is 2.33 bits per heavy atom. The number of benzene rings is 1. The van der Waals surface area contributed by atoms with E-state index in [1.54, 1.807) is 0 Å². The molecule has 0 radical (unpaired) electrons. The molecule has 0 unspecified atom stereocenters. The van der Waals surface area contributed by atoms with Gasteiger partial charge in [0.05, 0.1) is 0 Å². The van der Waals surface area contributed by atoms with E-state index in [1.165, 1.54) is 5.32 Å². The van der Waals surface area contributed by atoms with Crippen molar-refractivity contribution in [2.75, 3.05) is 0 Å². The van der Waals surface area contributed by atoms with Crippen molar-refractivity contribution in [2.45, 2.75) is 18.9 Å². The molecule has 0 aliphatic carbocycles. The number of amides is 1. The van der Waals surface area contributed by atoms with Gasteiger partial charge in [-0.2, -0.15) is 8.78 Å². The van der Waals surface area contributed by atoms with Crippen molar-refractivity contribution in [3.63, 3.8) is 0 Å². The van der Waals surface area contributed by atoms with E-state index in [4.69, 9.17) is 0 Å². The van der Waals surface area contributed by atoms with Crippen molar-refractivity contribution < 1.29 is 31.1 Å². The van der Waals surface area contributed by atoms with Gasteiger partial charge in [0.1, 0.15) is 0 Å². The first-order valence-corrected chi connectivity index (χ1v) is 4.63. The minimum absolute atomic E-state index is 0.0349. The minimum Gasteiger partial charge on any atom is -0.347 e. The van der Waals surface area contributed by atoms with E-state index in [1.807, 2.05) is 0 Å². The molecule has 0 aliphatic rings. The molecule has 1 rings (SSSR count). The lowest BCUT2D eigenvalue weighted by Gasteiger charge is -2.14. The average molecular weight is 271 g/mol. The summed E-state index contributed by atoms with van der Waals surface area (Å²) in [6.45, 7) is -0.613. The summed E-state index contributed by atoms with van der Waals surface area (Å²) in [7, 11) is 0. The topological polar surface area (TPSA) is 29.1 Å². The highest BCUT2D eigenvalue weighted by molar-refractivity contribution is 5.83. The molecule has 0 fully saturated rings. The first kappa shape index (κ1) is 14.3. The molecule has 0 heterocycles. The van der Waals surface area contributed by atoms with Crippen LogP contribution in [0.3, 0.4) is 0 Å². The van der Waals surface area contributed by atoms with Gasteiger partial charge in [-0.05, 0) is 17.7 Å². The second kappa shape index (κ2) is 5.28. The predicted octanol–water partition coefficient (Wildman–Crippen LogP) is 2.48. The number of hydrogen-bond donors (Lipinski definition) is 1. The van der Waals surface area contributed by atoms with Crippen molar-refractivity contribution in [2.24, 2.45) is 0 Å². The zero-order valence-electron chi connectivity index (χ0n) is 8.69. The SMILES string of the molecule is O=C(NCc1ccc(F)c(F)c1)C(F)(F)C(F)F. The summed E-state index contributed by atoms with van der Waals surface area (Å²) < 4.78 is 73.8. The molecule has 100 valence electrons. The van der Waals surface area contributed by atoms with Crippen molar-refractivity contribution in [1.82, 2.24) is 5.32 Å². The standard InChI is InChI=1S/C10H7F6NO/c11-6-2-1-5(3-7(6)12)4-17-9(18)10(15,16)8(13)14/h1-3,8H,4H2,(H,17,18). The third-order valence-electron chi connectivity index (χ3n) is 2.01. The van der Waals surface area contributed by atoms with Crippen LogP contribution >= 0.6 is 0 Å². The average Bonchev–Trinajstić information content (AvgIpc) is 2.30. The molecule has 1 amide bonds. The highest BCUT2D eigenvalue weighted by Gasteiger charge is 2.48. The van der Waals surface area contributed by atoms with Gasteiger partial charge in [0.2, 0.25) is 0 Å². The predicted molar refractivity (Wildman–Crippen MR) is 49.2 cm³/mol. The van der Waals surface area contributed by atoms with E-state index in [0.717, 1.165) is 12.1 Å². The van der Waals surface area contributed by atoms with E-state index in [2.05, 4.69) is 0 Å². The van der Waals surface area contributed by atoms with Crippen LogP contribution < -0.4 is 5.32 Å². The first-order valence-electron chi connectivity index (χ1n) is 4.63. The molecule has 0 spiro atoms. The number of carbonyl (C=O) groups excluding carboxylic acids is 1. The fourth-order valence-corrected chi connectivity index (χ4v) is 1.05. The Morgan fingerprint density at radius 2 is 1.83 bits per heavy atom. The van der Waals surface area contributed by atoms with Gasteiger partial charge in [0.15, 0.2) is 11.6 Å². The Hall–Kier alpha value is -1.73. The van der Waals surface area contributed by atoms with Gasteiger partial charge >= 0.3 is 12.3 Å². The Balaban J connectivity index is 2.66. The van der Waals surface area contributed by atoms with Crippen LogP contribution in [0.15, 0.2) is 18.2 Å². The minimum atomic E-state index is -4.82. The summed E-state index contributed by atoms with van der Waals surface area (Å²) in [5.74, 6) is -9.38. The fraction of sp³-hybridized carbons (Fsp3) is 0.300. The van der Waals surface area contributed by atoms with Crippen molar-refractivity contribution in [3.8, 4) is 0 Å². The molecule has 0 bridgehead atoms. The van der Waals surface area contributed by atoms with Gasteiger partial charge in [0, 0.05) is 6.54 Å². The molecule has 1 aromatic carbocycles. The Labute approximate surface area is 97.6 Å². The summed E-state index contributed by atoms with van der Waals surface area (Å²) in [5.41, 5.74) is -0.0349. The Kier molecular flexibility index (Phi) is 4.20. The quantitative estimate of drug-likeness (QED) is 0.837. The second-order valence-corrected chi connectivity index (χ2v) is 3.35. The number of hydrogen-bond acceptors (Lipinski definition) is 1. The summed E-state index contributed by atoms with van der Waals surface area (Å²) in [6.07, 6.45) is -4.14. The van der Waals surface area contributed by atoms with Crippen LogP contribution in [0.4, 0.5) is 26.3 Å². The van der Waals surface area contributed by atoms with Crippen LogP contribution in [0.5, 0.6) is 0 Å². The lowest BCUT2D eigenvalue weighted by molar-refractivity contribution is -0.169. The molecule has 2 nitrogen and oxygen atoms in total. The van der Waals surface area contributed by atoms with E-state index in [-0.39, 0.29) is 5.56 Å². The maximum absolute atomic E-state index is 12.7. The Morgan fingerprint density at radius 1 is 1.22 bits per heavy atom. The van der Waals surface area contributed by atoms with Gasteiger partial charge in [-0.15, -0.1) is 0 Å². The molecular weight excluding hydrogens is 264 g/mol. The molecule has 8 heteroatoms. The molecular formula is C10H7F6NO. The van der Waals surface area contributed by atoms with Crippen LogP contribution in [0.2, 0.25) is 0 Å². The fourth-order valence-electron chi connectivity index (χ4n) is 1.05. The highest BCUT2D eigenvalue weighted by atomic mass is 19.3. The maximum atomic E-state index is 12.7. The normalized spacial score (nSPS) is 11.7. The van der Waals surface area contributed by atoms with Crippen LogP contribution in [0, 0.1) is 11.6 Å². The maximum Gasteiger partial charge on any atom is 0.383 e. The monoisotopic (exact) mass is 271 g/mol. The summed E-state index contributed by atoms with van der Waals surface area (Å²) in [6, 6.07) is 2.41. The number of carbonyl (C=O) groups is 1. The van der Waals surface area contributed by atoms with Crippen LogP contribution in [0.1, 0.15) is 5.56 Å². The molecule has 0 aliphatic heterocycles. The number of rotatable bonds is 4. The summed E-state index contributed by atoms with van der Waals surface area (Å²) in [4.78, 5) is 10.7. The van der Waals surface area contributed by atoms with Crippen LogP contribution in [-0.4, -0.2) is 18.3 Å². The smallest absolute Gasteiger partial charge is 0.347 e. The van der Waals surface area contributed by atoms with Gasteiger partial charge in [-0.1, -0.05) is 6.07 Å². The van der Waals surface area contributed by atoms with Gasteiger partial charge < -0.3 is 5.32 Å². The zero-order valence-corrected chi connectivity index (χ0v) is 8.69. The lowest BCUT2D eigenvalue weighted by Crippen LogP contribution is -2.44. The van der Waals surface area contributed by atoms with Gasteiger partial charge in [-0.3, -0.25) is 4.79 Å². The molecule has 1 N–H and O–H groups in total. The third kappa shape index (κ3) is 3.14. The molecule has 0 atom stereocenters. The number of nitrogens with one attached hydrogen (secondary N) is 1. The van der Waals surface area contributed by atoms with Crippen molar-refractivity contribution in [1.29, 1.82) is 0 Å². The van der Waals surface area contributed by atoms with Crippen LogP contribution in [0.25, 0.3) is 0 Å². The molecule has 0 saturated heterocycles. The molecule has 0 aromatic heterocycles. The van der Waals surface area contributed by atoms with E-state index in [0.29, 0.717) is 6.07 Å². The third-order valence-corrected chi connectivity index (χ3v) is 2.01. The van der Waals surface area contributed by atoms with Gasteiger partial charge in [-0.25, -0.2) is 17.6 Å². The highest BCUT2D eigenvalue weighted by Crippen LogP contribution is 2.22. The first-order chi connectivity index (χ1) is 8.25. The summed E-state index contributed by atoms with van der Waals surface area (Å²) >= 11 is 0. The molecule has 0 saturated carbocycles. The molecule has 1 aromatic rings. The van der Waals surface area contributed by atoms with Gasteiger partial charge in [0.25, 0.3) is 5.91 Å². The van der Waals surface area contributed by atoms with E-state index in [9.17, 15) is 31.1 Å². The Bertz CT molecular complexity index is 448. The van der Waals surface area contributed by atoms with Crippen LogP contribution in [-0.2, 0) is 11.3 Å². The largest absolute Gasteiger partial charge is 0.383 e. The van der Waals surface area contributed by atoms with E-state index < -0.39 is 36.4 Å². The second-order valence-electron chi connectivity index (χ2n) is 3.35.